The highest BCUT2D eigenvalue weighted by Crippen LogP contribution is 2.30. The molecule has 0 saturated heterocycles. The van der Waals surface area contributed by atoms with Crippen LogP contribution in [-0.4, -0.2) is 9.78 Å². The topological polar surface area (TPSA) is 53.1 Å². The van der Waals surface area contributed by atoms with Crippen LogP contribution in [0.4, 0.5) is 10.1 Å². The van der Waals surface area contributed by atoms with Crippen LogP contribution in [0.25, 0.3) is 0 Å². The van der Waals surface area contributed by atoms with Gasteiger partial charge in [0.05, 0.1) is 15.9 Å². The van der Waals surface area contributed by atoms with E-state index < -0.39 is 5.82 Å². The second kappa shape index (κ2) is 5.38. The number of anilines is 1. The first-order valence-electron chi connectivity index (χ1n) is 5.45. The summed E-state index contributed by atoms with van der Waals surface area (Å²) in [4.78, 5) is 0. The standard InChI is InChI=1S/C12H12BrClFN3O/c1-6-7(12(14)18(2)17-6)5-19-11-4-9(15)8(13)3-10(11)16/h3-4H,5,16H2,1-2H3. The zero-order chi connectivity index (χ0) is 14.2. The summed E-state index contributed by atoms with van der Waals surface area (Å²) in [5.74, 6) is -0.154. The average molecular weight is 349 g/mol. The predicted molar refractivity (Wildman–Crippen MR) is 75.8 cm³/mol. The van der Waals surface area contributed by atoms with Crippen molar-refractivity contribution in [3.05, 3.63) is 38.8 Å². The van der Waals surface area contributed by atoms with Crippen molar-refractivity contribution in [1.29, 1.82) is 0 Å². The van der Waals surface area contributed by atoms with Crippen molar-refractivity contribution in [2.24, 2.45) is 7.05 Å². The molecule has 19 heavy (non-hydrogen) atoms. The van der Waals surface area contributed by atoms with Gasteiger partial charge in [0, 0.05) is 18.7 Å². The Balaban J connectivity index is 2.21. The monoisotopic (exact) mass is 347 g/mol. The molecule has 0 unspecified atom stereocenters. The lowest BCUT2D eigenvalue weighted by Crippen LogP contribution is -2.01. The molecule has 0 aliphatic rings. The lowest BCUT2D eigenvalue weighted by molar-refractivity contribution is 0.305. The number of ether oxygens (including phenoxy) is 1. The van der Waals surface area contributed by atoms with Gasteiger partial charge in [0.2, 0.25) is 0 Å². The molecule has 0 fully saturated rings. The van der Waals surface area contributed by atoms with Gasteiger partial charge in [-0.2, -0.15) is 5.10 Å². The van der Waals surface area contributed by atoms with E-state index in [0.717, 1.165) is 11.3 Å². The largest absolute Gasteiger partial charge is 0.486 e. The van der Waals surface area contributed by atoms with E-state index in [4.69, 9.17) is 22.1 Å². The maximum absolute atomic E-state index is 13.4. The Morgan fingerprint density at radius 3 is 2.79 bits per heavy atom. The first-order valence-corrected chi connectivity index (χ1v) is 6.62. The molecule has 0 atom stereocenters. The molecule has 1 aromatic carbocycles. The van der Waals surface area contributed by atoms with Crippen LogP contribution in [-0.2, 0) is 13.7 Å². The van der Waals surface area contributed by atoms with E-state index in [2.05, 4.69) is 21.0 Å². The molecule has 1 heterocycles. The molecule has 2 aromatic rings. The quantitative estimate of drug-likeness (QED) is 0.865. The van der Waals surface area contributed by atoms with Gasteiger partial charge < -0.3 is 10.5 Å². The van der Waals surface area contributed by atoms with Gasteiger partial charge in [-0.3, -0.25) is 4.68 Å². The summed E-state index contributed by atoms with van der Waals surface area (Å²) >= 11 is 9.14. The molecule has 7 heteroatoms. The minimum absolute atomic E-state index is 0.184. The van der Waals surface area contributed by atoms with Crippen LogP contribution in [0.5, 0.6) is 5.75 Å². The third kappa shape index (κ3) is 2.84. The summed E-state index contributed by atoms with van der Waals surface area (Å²) in [5.41, 5.74) is 7.64. The van der Waals surface area contributed by atoms with Gasteiger partial charge in [-0.25, -0.2) is 4.39 Å². The molecule has 2 N–H and O–H groups in total. The van der Waals surface area contributed by atoms with Crippen LogP contribution in [0.15, 0.2) is 16.6 Å². The molecule has 1 aromatic heterocycles. The van der Waals surface area contributed by atoms with E-state index in [1.807, 2.05) is 6.92 Å². The Morgan fingerprint density at radius 1 is 1.53 bits per heavy atom. The van der Waals surface area contributed by atoms with E-state index >= 15 is 0 Å². The molecular weight excluding hydrogens is 337 g/mol. The Labute approximate surface area is 123 Å². The number of aryl methyl sites for hydroxylation is 2. The maximum atomic E-state index is 13.4. The van der Waals surface area contributed by atoms with Crippen LogP contribution in [0, 0.1) is 12.7 Å². The highest BCUT2D eigenvalue weighted by molar-refractivity contribution is 9.10. The molecule has 0 aliphatic carbocycles. The van der Waals surface area contributed by atoms with Gasteiger partial charge in [-0.1, -0.05) is 11.6 Å². The van der Waals surface area contributed by atoms with Crippen molar-refractivity contribution in [2.75, 3.05) is 5.73 Å². The Morgan fingerprint density at radius 2 is 2.21 bits per heavy atom. The third-order valence-electron chi connectivity index (χ3n) is 2.69. The first-order chi connectivity index (χ1) is 8.90. The van der Waals surface area contributed by atoms with E-state index in [1.165, 1.54) is 12.1 Å². The minimum Gasteiger partial charge on any atom is -0.486 e. The van der Waals surface area contributed by atoms with Crippen LogP contribution >= 0.6 is 27.5 Å². The zero-order valence-electron chi connectivity index (χ0n) is 10.4. The van der Waals surface area contributed by atoms with Crippen molar-refractivity contribution in [3.63, 3.8) is 0 Å². The Bertz CT molecular complexity index is 630. The normalized spacial score (nSPS) is 10.8. The smallest absolute Gasteiger partial charge is 0.145 e. The van der Waals surface area contributed by atoms with E-state index in [0.29, 0.717) is 15.3 Å². The van der Waals surface area contributed by atoms with Crippen LogP contribution in [0.2, 0.25) is 5.15 Å². The number of nitrogens with zero attached hydrogens (tertiary/aromatic N) is 2. The molecule has 0 aliphatic heterocycles. The van der Waals surface area contributed by atoms with Crippen molar-refractivity contribution >= 4 is 33.2 Å². The average Bonchev–Trinajstić information content (AvgIpc) is 2.57. The van der Waals surface area contributed by atoms with Gasteiger partial charge in [0.15, 0.2) is 0 Å². The lowest BCUT2D eigenvalue weighted by Gasteiger charge is -2.09. The van der Waals surface area contributed by atoms with Crippen molar-refractivity contribution in [1.82, 2.24) is 9.78 Å². The molecule has 0 amide bonds. The van der Waals surface area contributed by atoms with Gasteiger partial charge in [0.1, 0.15) is 23.3 Å². The number of aromatic nitrogens is 2. The van der Waals surface area contributed by atoms with Crippen molar-refractivity contribution < 1.29 is 9.13 Å². The van der Waals surface area contributed by atoms with Crippen LogP contribution in [0.3, 0.4) is 0 Å². The Kier molecular flexibility index (Phi) is 4.01. The number of rotatable bonds is 3. The van der Waals surface area contributed by atoms with Crippen molar-refractivity contribution in [2.45, 2.75) is 13.5 Å². The van der Waals surface area contributed by atoms with Gasteiger partial charge >= 0.3 is 0 Å². The fraction of sp³-hybridized carbons (Fsp3) is 0.250. The number of benzene rings is 1. The fourth-order valence-corrected chi connectivity index (χ4v) is 2.25. The fourth-order valence-electron chi connectivity index (χ4n) is 1.66. The van der Waals surface area contributed by atoms with E-state index in [9.17, 15) is 4.39 Å². The van der Waals surface area contributed by atoms with Crippen LogP contribution in [0.1, 0.15) is 11.3 Å². The maximum Gasteiger partial charge on any atom is 0.145 e. The predicted octanol–water partition coefficient (Wildman–Crippen LogP) is 3.44. The SMILES string of the molecule is Cc1nn(C)c(Cl)c1COc1cc(F)c(Br)cc1N. The van der Waals surface area contributed by atoms with Gasteiger partial charge in [-0.05, 0) is 28.9 Å². The molecule has 0 spiro atoms. The van der Waals surface area contributed by atoms with E-state index in [1.54, 1.807) is 11.7 Å². The number of halogens is 3. The summed E-state index contributed by atoms with van der Waals surface area (Å²) in [6.07, 6.45) is 0. The van der Waals surface area contributed by atoms with E-state index in [-0.39, 0.29) is 12.4 Å². The second-order valence-electron chi connectivity index (χ2n) is 4.07. The zero-order valence-corrected chi connectivity index (χ0v) is 12.7. The highest BCUT2D eigenvalue weighted by Gasteiger charge is 2.13. The molecule has 0 saturated carbocycles. The minimum atomic E-state index is -0.432. The summed E-state index contributed by atoms with van der Waals surface area (Å²) in [6, 6.07) is 2.70. The molecule has 2 rings (SSSR count). The van der Waals surface area contributed by atoms with Gasteiger partial charge in [0.25, 0.3) is 0 Å². The molecule has 102 valence electrons. The lowest BCUT2D eigenvalue weighted by atomic mass is 10.2. The highest BCUT2D eigenvalue weighted by atomic mass is 79.9. The number of hydrogen-bond donors (Lipinski definition) is 1. The second-order valence-corrected chi connectivity index (χ2v) is 5.28. The summed E-state index contributed by atoms with van der Waals surface area (Å²) in [7, 11) is 1.74. The molecular formula is C12H12BrClFN3O. The summed E-state index contributed by atoms with van der Waals surface area (Å²) < 4.78 is 20.8. The number of nitrogens with two attached hydrogens (primary N) is 1. The molecule has 0 bridgehead atoms. The summed E-state index contributed by atoms with van der Waals surface area (Å²) in [6.45, 7) is 2.01. The molecule has 4 nitrogen and oxygen atoms in total. The Hall–Kier alpha value is -1.27. The third-order valence-corrected chi connectivity index (χ3v) is 3.78. The van der Waals surface area contributed by atoms with Crippen molar-refractivity contribution in [3.8, 4) is 5.75 Å². The molecule has 0 radical (unpaired) electrons. The first kappa shape index (κ1) is 14.1. The number of hydrogen-bond acceptors (Lipinski definition) is 3. The van der Waals surface area contributed by atoms with Crippen LogP contribution < -0.4 is 10.5 Å². The van der Waals surface area contributed by atoms with Gasteiger partial charge in [-0.15, -0.1) is 0 Å². The number of nitrogen functional groups attached to an aromatic ring is 1. The summed E-state index contributed by atoms with van der Waals surface area (Å²) in [5, 5.41) is 4.66.